The standard InChI is InChI=1S/C22H27BrN2O6/c1-6-30-16-9-8-15(12-17(16)31-7-2)24-20(26)13-25(3)22(27)14-10-18(28-4)21(23)19(11-14)29-5/h8-12H,6-7,13H2,1-5H3,(H,24,26). The van der Waals surface area contributed by atoms with Crippen molar-refractivity contribution in [3.63, 3.8) is 0 Å². The molecule has 0 aliphatic heterocycles. The first-order valence-corrected chi connectivity index (χ1v) is 10.5. The van der Waals surface area contributed by atoms with Crippen LogP contribution < -0.4 is 24.3 Å². The Hall–Kier alpha value is -2.94. The van der Waals surface area contributed by atoms with Gasteiger partial charge in [0.1, 0.15) is 16.0 Å². The lowest BCUT2D eigenvalue weighted by Gasteiger charge is -2.19. The molecule has 168 valence electrons. The monoisotopic (exact) mass is 494 g/mol. The van der Waals surface area contributed by atoms with Crippen LogP contribution in [0.4, 0.5) is 5.69 Å². The maximum atomic E-state index is 12.8. The molecule has 1 N–H and O–H groups in total. The van der Waals surface area contributed by atoms with E-state index in [1.807, 2.05) is 13.8 Å². The Kier molecular flexibility index (Phi) is 8.99. The molecule has 31 heavy (non-hydrogen) atoms. The third-order valence-corrected chi connectivity index (χ3v) is 5.03. The largest absolute Gasteiger partial charge is 0.495 e. The van der Waals surface area contributed by atoms with E-state index in [1.54, 1.807) is 37.4 Å². The molecule has 2 aromatic rings. The molecule has 2 amide bonds. The molecule has 0 spiro atoms. The molecule has 0 radical (unpaired) electrons. The highest BCUT2D eigenvalue weighted by Crippen LogP contribution is 2.36. The second-order valence-electron chi connectivity index (χ2n) is 6.43. The minimum Gasteiger partial charge on any atom is -0.495 e. The van der Waals surface area contributed by atoms with E-state index >= 15 is 0 Å². The Labute approximate surface area is 190 Å². The summed E-state index contributed by atoms with van der Waals surface area (Å²) in [5.74, 6) is 1.37. The van der Waals surface area contributed by atoms with E-state index in [0.717, 1.165) is 0 Å². The number of nitrogens with zero attached hydrogens (tertiary/aromatic N) is 1. The summed E-state index contributed by atoms with van der Waals surface area (Å²) < 4.78 is 22.3. The van der Waals surface area contributed by atoms with Crippen molar-refractivity contribution in [2.45, 2.75) is 13.8 Å². The quantitative estimate of drug-likeness (QED) is 0.537. The molecule has 0 atom stereocenters. The van der Waals surface area contributed by atoms with Crippen LogP contribution in [0.5, 0.6) is 23.0 Å². The molecule has 9 heteroatoms. The Morgan fingerprint density at radius 1 is 0.935 bits per heavy atom. The second kappa shape index (κ2) is 11.5. The number of anilines is 1. The van der Waals surface area contributed by atoms with Crippen molar-refractivity contribution in [3.8, 4) is 23.0 Å². The van der Waals surface area contributed by atoms with E-state index in [-0.39, 0.29) is 18.4 Å². The summed E-state index contributed by atoms with van der Waals surface area (Å²) in [5.41, 5.74) is 0.886. The first-order valence-electron chi connectivity index (χ1n) is 9.71. The summed E-state index contributed by atoms with van der Waals surface area (Å²) in [6, 6.07) is 8.32. The van der Waals surface area contributed by atoms with Crippen molar-refractivity contribution < 1.29 is 28.5 Å². The molecule has 0 unspecified atom stereocenters. The molecule has 2 rings (SSSR count). The van der Waals surface area contributed by atoms with Crippen molar-refractivity contribution in [2.24, 2.45) is 0 Å². The number of carbonyl (C=O) groups is 2. The highest BCUT2D eigenvalue weighted by atomic mass is 79.9. The van der Waals surface area contributed by atoms with Gasteiger partial charge < -0.3 is 29.2 Å². The molecule has 0 saturated carbocycles. The molecule has 2 aromatic carbocycles. The van der Waals surface area contributed by atoms with Gasteiger partial charge in [0.2, 0.25) is 5.91 Å². The number of benzene rings is 2. The Morgan fingerprint density at radius 3 is 2.06 bits per heavy atom. The van der Waals surface area contributed by atoms with Crippen LogP contribution in [0, 0.1) is 0 Å². The Balaban J connectivity index is 2.10. The number of rotatable bonds is 10. The second-order valence-corrected chi connectivity index (χ2v) is 7.22. The molecule has 0 heterocycles. The van der Waals surface area contributed by atoms with Crippen molar-refractivity contribution in [2.75, 3.05) is 46.3 Å². The highest BCUT2D eigenvalue weighted by Gasteiger charge is 2.19. The van der Waals surface area contributed by atoms with Crippen molar-refractivity contribution in [3.05, 3.63) is 40.4 Å². The van der Waals surface area contributed by atoms with Crippen molar-refractivity contribution in [1.82, 2.24) is 4.90 Å². The zero-order valence-corrected chi connectivity index (χ0v) is 19.9. The summed E-state index contributed by atoms with van der Waals surface area (Å²) in [4.78, 5) is 26.6. The number of carbonyl (C=O) groups excluding carboxylic acids is 2. The van der Waals surface area contributed by atoms with Gasteiger partial charge in [-0.1, -0.05) is 0 Å². The van der Waals surface area contributed by atoms with Crippen LogP contribution in [0.15, 0.2) is 34.8 Å². The lowest BCUT2D eigenvalue weighted by Crippen LogP contribution is -2.35. The number of methoxy groups -OCH3 is 2. The number of ether oxygens (including phenoxy) is 4. The normalized spacial score (nSPS) is 10.3. The van der Waals surface area contributed by atoms with Crippen molar-refractivity contribution in [1.29, 1.82) is 0 Å². The number of hydrogen-bond donors (Lipinski definition) is 1. The van der Waals surface area contributed by atoms with Gasteiger partial charge >= 0.3 is 0 Å². The van der Waals surface area contributed by atoms with Gasteiger partial charge in [-0.3, -0.25) is 9.59 Å². The third-order valence-electron chi connectivity index (χ3n) is 4.25. The van der Waals surface area contributed by atoms with Crippen LogP contribution in [-0.2, 0) is 4.79 Å². The summed E-state index contributed by atoms with van der Waals surface area (Å²) >= 11 is 3.37. The van der Waals surface area contributed by atoms with E-state index in [9.17, 15) is 9.59 Å². The minimum atomic E-state index is -0.349. The predicted octanol–water partition coefficient (Wildman–Crippen LogP) is 3.97. The maximum absolute atomic E-state index is 12.8. The molecule has 0 aliphatic rings. The van der Waals surface area contributed by atoms with Crippen LogP contribution in [-0.4, -0.2) is 57.7 Å². The number of hydrogen-bond acceptors (Lipinski definition) is 6. The lowest BCUT2D eigenvalue weighted by molar-refractivity contribution is -0.116. The Morgan fingerprint density at radius 2 is 1.52 bits per heavy atom. The number of halogens is 1. The third kappa shape index (κ3) is 6.27. The van der Waals surface area contributed by atoms with Crippen molar-refractivity contribution >= 4 is 33.4 Å². The molecular weight excluding hydrogens is 468 g/mol. The smallest absolute Gasteiger partial charge is 0.254 e. The average Bonchev–Trinajstić information content (AvgIpc) is 2.75. The summed E-state index contributed by atoms with van der Waals surface area (Å²) in [5, 5.41) is 2.78. The van der Waals surface area contributed by atoms with Gasteiger partial charge in [-0.2, -0.15) is 0 Å². The molecular formula is C22H27BrN2O6. The first kappa shape index (κ1) is 24.3. The average molecular weight is 495 g/mol. The zero-order valence-electron chi connectivity index (χ0n) is 18.3. The number of nitrogens with one attached hydrogen (secondary N) is 1. The number of likely N-dealkylation sites (N-methyl/N-ethyl adjacent to an activating group) is 1. The van der Waals surface area contributed by atoms with Gasteiger partial charge in [-0.05, 0) is 54.0 Å². The van der Waals surface area contributed by atoms with Crippen LogP contribution in [0.2, 0.25) is 0 Å². The van der Waals surface area contributed by atoms with Gasteiger partial charge in [-0.25, -0.2) is 0 Å². The van der Waals surface area contributed by atoms with E-state index in [4.69, 9.17) is 18.9 Å². The van der Waals surface area contributed by atoms with Gasteiger partial charge in [0.05, 0.1) is 34.0 Å². The van der Waals surface area contributed by atoms with E-state index in [0.29, 0.717) is 51.9 Å². The number of amides is 2. The predicted molar refractivity (Wildman–Crippen MR) is 122 cm³/mol. The first-order chi connectivity index (χ1) is 14.8. The van der Waals surface area contributed by atoms with Crippen LogP contribution >= 0.6 is 15.9 Å². The molecule has 0 saturated heterocycles. The van der Waals surface area contributed by atoms with E-state index < -0.39 is 0 Å². The maximum Gasteiger partial charge on any atom is 0.254 e. The Bertz CT molecular complexity index is 909. The molecule has 8 nitrogen and oxygen atoms in total. The van der Waals surface area contributed by atoms with E-state index in [2.05, 4.69) is 21.2 Å². The molecule has 0 bridgehead atoms. The van der Waals surface area contributed by atoms with E-state index in [1.165, 1.54) is 19.1 Å². The van der Waals surface area contributed by atoms with Crippen LogP contribution in [0.1, 0.15) is 24.2 Å². The highest BCUT2D eigenvalue weighted by molar-refractivity contribution is 9.10. The summed E-state index contributed by atoms with van der Waals surface area (Å²) in [7, 11) is 4.54. The summed E-state index contributed by atoms with van der Waals surface area (Å²) in [6.07, 6.45) is 0. The van der Waals surface area contributed by atoms with Crippen LogP contribution in [0.25, 0.3) is 0 Å². The summed E-state index contributed by atoms with van der Waals surface area (Å²) in [6.45, 7) is 4.58. The van der Waals surface area contributed by atoms with Gasteiger partial charge in [0.25, 0.3) is 5.91 Å². The topological polar surface area (TPSA) is 86.3 Å². The molecule has 0 aliphatic carbocycles. The zero-order chi connectivity index (χ0) is 23.0. The van der Waals surface area contributed by atoms with Gasteiger partial charge in [0.15, 0.2) is 11.5 Å². The van der Waals surface area contributed by atoms with Gasteiger partial charge in [0, 0.05) is 24.4 Å². The van der Waals surface area contributed by atoms with Crippen LogP contribution in [0.3, 0.4) is 0 Å². The molecule has 0 aromatic heterocycles. The van der Waals surface area contributed by atoms with Gasteiger partial charge in [-0.15, -0.1) is 0 Å². The SMILES string of the molecule is CCOc1ccc(NC(=O)CN(C)C(=O)c2cc(OC)c(Br)c(OC)c2)cc1OCC. The fourth-order valence-electron chi connectivity index (χ4n) is 2.83. The lowest BCUT2D eigenvalue weighted by atomic mass is 10.1. The fraction of sp³-hybridized carbons (Fsp3) is 0.364. The molecule has 0 fully saturated rings. The minimum absolute atomic E-state index is 0.142. The fourth-order valence-corrected chi connectivity index (χ4v) is 3.38.